The summed E-state index contributed by atoms with van der Waals surface area (Å²) < 4.78 is 45.4. The Labute approximate surface area is 124 Å². The summed E-state index contributed by atoms with van der Waals surface area (Å²) in [7, 11) is 0. The first kappa shape index (κ1) is 16.0. The highest BCUT2D eigenvalue weighted by atomic mass is 19.4. The normalized spacial score (nSPS) is 13.0. The predicted molar refractivity (Wildman–Crippen MR) is 71.1 cm³/mol. The summed E-state index contributed by atoms with van der Waals surface area (Å²) >= 11 is 0. The lowest BCUT2D eigenvalue weighted by molar-refractivity contribution is -0.207. The van der Waals surface area contributed by atoms with Crippen molar-refractivity contribution in [1.29, 1.82) is 0 Å². The average Bonchev–Trinajstić information content (AvgIpc) is 2.85. The molecule has 2 heterocycles. The summed E-state index contributed by atoms with van der Waals surface area (Å²) in [6.45, 7) is 3.72. The maximum atomic E-state index is 13.1. The van der Waals surface area contributed by atoms with E-state index in [4.69, 9.17) is 0 Å². The molecular formula is C14H14F3N3O2. The Kier molecular flexibility index (Phi) is 4.48. The average molecular weight is 313 g/mol. The van der Waals surface area contributed by atoms with Crippen LogP contribution in [-0.4, -0.2) is 26.9 Å². The number of carbonyl (C=O) groups excluding carboxylic acids is 1. The van der Waals surface area contributed by atoms with Crippen LogP contribution in [0.25, 0.3) is 0 Å². The van der Waals surface area contributed by atoms with Gasteiger partial charge >= 0.3 is 12.1 Å². The highest BCUT2D eigenvalue weighted by molar-refractivity contribution is 5.87. The predicted octanol–water partition coefficient (Wildman–Crippen LogP) is 3.07. The Balaban J connectivity index is 2.30. The molecule has 1 atom stereocenters. The minimum Gasteiger partial charge on any atom is -0.443 e. The lowest BCUT2D eigenvalue weighted by atomic mass is 10.1. The third-order valence-corrected chi connectivity index (χ3v) is 2.92. The first-order chi connectivity index (χ1) is 10.3. The van der Waals surface area contributed by atoms with Crippen LogP contribution >= 0.6 is 0 Å². The Bertz CT molecular complexity index is 653. The fourth-order valence-electron chi connectivity index (χ4n) is 1.97. The maximum absolute atomic E-state index is 13.1. The van der Waals surface area contributed by atoms with E-state index in [-0.39, 0.29) is 11.3 Å². The molecule has 0 spiro atoms. The molecule has 8 heteroatoms. The minimum absolute atomic E-state index is 0.0156. The second-order valence-electron chi connectivity index (χ2n) is 4.60. The number of esters is 1. The second-order valence-corrected chi connectivity index (χ2v) is 4.60. The van der Waals surface area contributed by atoms with Crippen molar-refractivity contribution in [1.82, 2.24) is 14.8 Å². The van der Waals surface area contributed by atoms with Crippen LogP contribution in [0.2, 0.25) is 0 Å². The van der Waals surface area contributed by atoms with E-state index < -0.39 is 18.2 Å². The minimum atomic E-state index is -4.73. The summed E-state index contributed by atoms with van der Waals surface area (Å²) in [6.07, 6.45) is -4.73. The standard InChI is InChI=1S/C14H14F3N3O2/c1-3-20-11(7-9(2)19-20)13(21)22-12(14(15,16)17)10-5-4-6-18-8-10/h4-8,12H,3H2,1-2H3/t12-/m0/s1. The van der Waals surface area contributed by atoms with Crippen molar-refractivity contribution in [3.8, 4) is 0 Å². The largest absolute Gasteiger partial charge is 0.443 e. The SMILES string of the molecule is CCn1nc(C)cc1C(=O)O[C@@H](c1cccnc1)C(F)(F)F. The van der Waals surface area contributed by atoms with Crippen molar-refractivity contribution in [3.63, 3.8) is 0 Å². The molecule has 0 bridgehead atoms. The number of hydrogen-bond acceptors (Lipinski definition) is 4. The molecule has 0 N–H and O–H groups in total. The molecule has 2 rings (SSSR count). The van der Waals surface area contributed by atoms with Crippen LogP contribution in [0.4, 0.5) is 13.2 Å². The van der Waals surface area contributed by atoms with Gasteiger partial charge < -0.3 is 4.74 Å². The summed E-state index contributed by atoms with van der Waals surface area (Å²) in [5.74, 6) is -1.08. The fraction of sp³-hybridized carbons (Fsp3) is 0.357. The van der Waals surface area contributed by atoms with E-state index in [2.05, 4.69) is 14.8 Å². The maximum Gasteiger partial charge on any atom is 0.429 e. The monoisotopic (exact) mass is 313 g/mol. The van der Waals surface area contributed by atoms with Crippen molar-refractivity contribution < 1.29 is 22.7 Å². The molecule has 0 radical (unpaired) electrons. The van der Waals surface area contributed by atoms with Gasteiger partial charge in [0.05, 0.1) is 5.69 Å². The number of aryl methyl sites for hydroxylation is 2. The number of halogens is 3. The summed E-state index contributed by atoms with van der Waals surface area (Å²) in [5, 5.41) is 4.01. The van der Waals surface area contributed by atoms with Crippen molar-refractivity contribution >= 4 is 5.97 Å². The molecule has 0 aliphatic rings. The molecule has 0 saturated heterocycles. The lowest BCUT2D eigenvalue weighted by Gasteiger charge is -2.20. The molecule has 22 heavy (non-hydrogen) atoms. The number of carbonyl (C=O) groups is 1. The van der Waals surface area contributed by atoms with Gasteiger partial charge in [-0.25, -0.2) is 4.79 Å². The van der Waals surface area contributed by atoms with E-state index in [0.29, 0.717) is 12.2 Å². The van der Waals surface area contributed by atoms with Crippen molar-refractivity contribution in [2.45, 2.75) is 32.7 Å². The number of aromatic nitrogens is 3. The van der Waals surface area contributed by atoms with E-state index in [1.54, 1.807) is 13.8 Å². The molecule has 2 aromatic heterocycles. The van der Waals surface area contributed by atoms with Crippen LogP contribution in [0.5, 0.6) is 0 Å². The van der Waals surface area contributed by atoms with E-state index >= 15 is 0 Å². The Morgan fingerprint density at radius 3 is 2.73 bits per heavy atom. The van der Waals surface area contributed by atoms with Crippen LogP contribution in [0, 0.1) is 6.92 Å². The summed E-state index contributed by atoms with van der Waals surface area (Å²) in [4.78, 5) is 15.7. The molecule has 2 aromatic rings. The first-order valence-corrected chi connectivity index (χ1v) is 6.55. The van der Waals surface area contributed by atoms with E-state index in [1.807, 2.05) is 0 Å². The zero-order valence-electron chi connectivity index (χ0n) is 12.0. The first-order valence-electron chi connectivity index (χ1n) is 6.55. The fourth-order valence-corrected chi connectivity index (χ4v) is 1.97. The zero-order chi connectivity index (χ0) is 16.3. The van der Waals surface area contributed by atoms with Crippen LogP contribution in [0.3, 0.4) is 0 Å². The summed E-state index contributed by atoms with van der Waals surface area (Å²) in [5.41, 5.74) is 0.277. The molecule has 0 saturated carbocycles. The van der Waals surface area contributed by atoms with Crippen LogP contribution in [-0.2, 0) is 11.3 Å². The number of pyridine rings is 1. The smallest absolute Gasteiger partial charge is 0.429 e. The van der Waals surface area contributed by atoms with Gasteiger partial charge in [0.15, 0.2) is 0 Å². The topological polar surface area (TPSA) is 57.0 Å². The van der Waals surface area contributed by atoms with Gasteiger partial charge in [-0.1, -0.05) is 6.07 Å². The van der Waals surface area contributed by atoms with E-state index in [9.17, 15) is 18.0 Å². The molecule has 0 amide bonds. The molecule has 0 aromatic carbocycles. The molecule has 0 aliphatic carbocycles. The van der Waals surface area contributed by atoms with Gasteiger partial charge in [-0.3, -0.25) is 9.67 Å². The van der Waals surface area contributed by atoms with Crippen LogP contribution in [0.15, 0.2) is 30.6 Å². The van der Waals surface area contributed by atoms with Gasteiger partial charge in [-0.2, -0.15) is 18.3 Å². The van der Waals surface area contributed by atoms with Gasteiger partial charge in [0.2, 0.25) is 6.10 Å². The Morgan fingerprint density at radius 2 is 2.18 bits per heavy atom. The van der Waals surface area contributed by atoms with Gasteiger partial charge in [0.25, 0.3) is 0 Å². The number of nitrogens with zero attached hydrogens (tertiary/aromatic N) is 3. The third kappa shape index (κ3) is 3.44. The molecule has 118 valence electrons. The van der Waals surface area contributed by atoms with E-state index in [0.717, 1.165) is 6.20 Å². The van der Waals surface area contributed by atoms with Gasteiger partial charge in [-0.05, 0) is 26.0 Å². The van der Waals surface area contributed by atoms with Crippen molar-refractivity contribution in [3.05, 3.63) is 47.5 Å². The van der Waals surface area contributed by atoms with Gasteiger partial charge in [-0.15, -0.1) is 0 Å². The second kappa shape index (κ2) is 6.17. The van der Waals surface area contributed by atoms with Crippen molar-refractivity contribution in [2.24, 2.45) is 0 Å². The summed E-state index contributed by atoms with van der Waals surface area (Å²) in [6, 6.07) is 3.95. The molecule has 0 unspecified atom stereocenters. The molecule has 0 fully saturated rings. The molecule has 5 nitrogen and oxygen atoms in total. The van der Waals surface area contributed by atoms with Crippen molar-refractivity contribution in [2.75, 3.05) is 0 Å². The quantitative estimate of drug-likeness (QED) is 0.814. The van der Waals surface area contributed by atoms with Crippen LogP contribution < -0.4 is 0 Å². The Hall–Kier alpha value is -2.38. The van der Waals surface area contributed by atoms with E-state index in [1.165, 1.54) is 29.1 Å². The number of rotatable bonds is 4. The van der Waals surface area contributed by atoms with Crippen LogP contribution in [0.1, 0.15) is 34.8 Å². The lowest BCUT2D eigenvalue weighted by Crippen LogP contribution is -2.27. The number of ether oxygens (including phenoxy) is 1. The highest BCUT2D eigenvalue weighted by Crippen LogP contribution is 2.36. The number of alkyl halides is 3. The third-order valence-electron chi connectivity index (χ3n) is 2.92. The molecular weight excluding hydrogens is 299 g/mol. The Morgan fingerprint density at radius 1 is 1.45 bits per heavy atom. The van der Waals surface area contributed by atoms with Gasteiger partial charge in [0, 0.05) is 24.5 Å². The molecule has 0 aliphatic heterocycles. The highest BCUT2D eigenvalue weighted by Gasteiger charge is 2.44. The zero-order valence-corrected chi connectivity index (χ0v) is 12.0. The van der Waals surface area contributed by atoms with Gasteiger partial charge in [0.1, 0.15) is 5.69 Å². The number of hydrogen-bond donors (Lipinski definition) is 0.